The number of hydrogen-bond acceptors (Lipinski definition) is 3. The number of hydrogen-bond donors (Lipinski definition) is 1. The van der Waals surface area contributed by atoms with Crippen molar-refractivity contribution in [3.63, 3.8) is 0 Å². The molecule has 1 aliphatic heterocycles. The Morgan fingerprint density at radius 1 is 1.22 bits per heavy atom. The SMILES string of the molecule is CCOc1ccccc1NC(=O)CN1CC[C@H]2CCCC[C@H]2C1. The fraction of sp³-hybridized carbons (Fsp3) is 0.632. The highest BCUT2D eigenvalue weighted by molar-refractivity contribution is 5.93. The van der Waals surface area contributed by atoms with Gasteiger partial charge in [-0.05, 0) is 50.3 Å². The second-order valence-electron chi connectivity index (χ2n) is 6.81. The highest BCUT2D eigenvalue weighted by atomic mass is 16.5. The summed E-state index contributed by atoms with van der Waals surface area (Å²) >= 11 is 0. The number of nitrogens with one attached hydrogen (secondary N) is 1. The molecule has 3 rings (SSSR count). The minimum atomic E-state index is 0.0615. The molecule has 4 heteroatoms. The second-order valence-corrected chi connectivity index (χ2v) is 6.81. The number of nitrogens with zero attached hydrogens (tertiary/aromatic N) is 1. The maximum atomic E-state index is 12.4. The number of rotatable bonds is 5. The number of benzene rings is 1. The molecule has 1 N–H and O–H groups in total. The molecule has 1 aromatic carbocycles. The lowest BCUT2D eigenvalue weighted by molar-refractivity contribution is -0.118. The Morgan fingerprint density at radius 2 is 2.00 bits per heavy atom. The number of amides is 1. The maximum absolute atomic E-state index is 12.4. The van der Waals surface area contributed by atoms with E-state index in [-0.39, 0.29) is 5.91 Å². The average Bonchev–Trinajstić information content (AvgIpc) is 2.57. The molecular formula is C19H28N2O2. The number of anilines is 1. The van der Waals surface area contributed by atoms with Crippen molar-refractivity contribution < 1.29 is 9.53 Å². The summed E-state index contributed by atoms with van der Waals surface area (Å²) in [5, 5.41) is 3.01. The molecule has 1 heterocycles. The number of piperidine rings is 1. The molecule has 1 amide bonds. The van der Waals surface area contributed by atoms with Gasteiger partial charge in [0.25, 0.3) is 0 Å². The molecule has 1 aliphatic carbocycles. The smallest absolute Gasteiger partial charge is 0.238 e. The van der Waals surface area contributed by atoms with Crippen molar-refractivity contribution in [1.82, 2.24) is 4.90 Å². The summed E-state index contributed by atoms with van der Waals surface area (Å²) < 4.78 is 5.57. The minimum Gasteiger partial charge on any atom is -0.492 e. The van der Waals surface area contributed by atoms with Crippen LogP contribution in [0.3, 0.4) is 0 Å². The van der Waals surface area contributed by atoms with Crippen LogP contribution in [-0.2, 0) is 4.79 Å². The van der Waals surface area contributed by atoms with E-state index in [1.54, 1.807) is 0 Å². The molecule has 2 atom stereocenters. The predicted molar refractivity (Wildman–Crippen MR) is 92.7 cm³/mol. The van der Waals surface area contributed by atoms with E-state index in [0.717, 1.165) is 36.4 Å². The molecular weight excluding hydrogens is 288 g/mol. The van der Waals surface area contributed by atoms with Crippen molar-refractivity contribution in [2.75, 3.05) is 31.6 Å². The number of fused-ring (bicyclic) bond motifs is 1. The summed E-state index contributed by atoms with van der Waals surface area (Å²) in [6.45, 7) is 5.19. The van der Waals surface area contributed by atoms with Crippen molar-refractivity contribution in [3.05, 3.63) is 24.3 Å². The van der Waals surface area contributed by atoms with Crippen LogP contribution in [0.5, 0.6) is 5.75 Å². The van der Waals surface area contributed by atoms with Crippen LogP contribution in [0.1, 0.15) is 39.0 Å². The van der Waals surface area contributed by atoms with Crippen molar-refractivity contribution in [3.8, 4) is 5.75 Å². The highest BCUT2D eigenvalue weighted by Gasteiger charge is 2.31. The van der Waals surface area contributed by atoms with E-state index >= 15 is 0 Å². The third kappa shape index (κ3) is 4.25. The van der Waals surface area contributed by atoms with Crippen molar-refractivity contribution in [2.24, 2.45) is 11.8 Å². The van der Waals surface area contributed by atoms with E-state index in [9.17, 15) is 4.79 Å². The van der Waals surface area contributed by atoms with Gasteiger partial charge in [0.05, 0.1) is 18.8 Å². The van der Waals surface area contributed by atoms with Crippen LogP contribution >= 0.6 is 0 Å². The summed E-state index contributed by atoms with van der Waals surface area (Å²) in [4.78, 5) is 14.7. The van der Waals surface area contributed by atoms with Crippen LogP contribution in [0.2, 0.25) is 0 Å². The summed E-state index contributed by atoms with van der Waals surface area (Å²) in [5.74, 6) is 2.52. The average molecular weight is 316 g/mol. The molecule has 0 radical (unpaired) electrons. The van der Waals surface area contributed by atoms with E-state index < -0.39 is 0 Å². The van der Waals surface area contributed by atoms with Crippen molar-refractivity contribution >= 4 is 11.6 Å². The largest absolute Gasteiger partial charge is 0.492 e. The quantitative estimate of drug-likeness (QED) is 0.903. The van der Waals surface area contributed by atoms with Gasteiger partial charge in [-0.1, -0.05) is 31.4 Å². The summed E-state index contributed by atoms with van der Waals surface area (Å²) in [5.41, 5.74) is 0.770. The molecule has 0 spiro atoms. The van der Waals surface area contributed by atoms with E-state index in [1.807, 2.05) is 31.2 Å². The molecule has 0 bridgehead atoms. The Labute approximate surface area is 139 Å². The topological polar surface area (TPSA) is 41.6 Å². The first kappa shape index (κ1) is 16.3. The summed E-state index contributed by atoms with van der Waals surface area (Å²) in [7, 11) is 0. The van der Waals surface area contributed by atoms with Gasteiger partial charge < -0.3 is 10.1 Å². The Balaban J connectivity index is 1.53. The molecule has 2 fully saturated rings. The van der Waals surface area contributed by atoms with Gasteiger partial charge in [-0.15, -0.1) is 0 Å². The standard InChI is InChI=1S/C19H28N2O2/c1-2-23-18-10-6-5-9-17(18)20-19(22)14-21-12-11-15-7-3-4-8-16(15)13-21/h5-6,9-10,15-16H,2-4,7-8,11-14H2,1H3,(H,20,22)/t15-,16+/m1/s1. The minimum absolute atomic E-state index is 0.0615. The molecule has 2 aliphatic rings. The van der Waals surface area contributed by atoms with Gasteiger partial charge in [0.1, 0.15) is 5.75 Å². The Morgan fingerprint density at radius 3 is 2.83 bits per heavy atom. The molecule has 1 aromatic rings. The monoisotopic (exact) mass is 316 g/mol. The highest BCUT2D eigenvalue weighted by Crippen LogP contribution is 2.36. The van der Waals surface area contributed by atoms with Crippen LogP contribution in [0.4, 0.5) is 5.69 Å². The molecule has 4 nitrogen and oxygen atoms in total. The third-order valence-corrected chi connectivity index (χ3v) is 5.20. The van der Waals surface area contributed by atoms with Gasteiger partial charge in [-0.3, -0.25) is 9.69 Å². The first-order valence-corrected chi connectivity index (χ1v) is 9.00. The van der Waals surface area contributed by atoms with E-state index in [2.05, 4.69) is 10.2 Å². The van der Waals surface area contributed by atoms with Crippen LogP contribution < -0.4 is 10.1 Å². The Kier molecular flexibility index (Phi) is 5.55. The Bertz CT molecular complexity index is 532. The maximum Gasteiger partial charge on any atom is 0.238 e. The molecule has 0 aromatic heterocycles. The predicted octanol–water partition coefficient (Wildman–Crippen LogP) is 3.54. The lowest BCUT2D eigenvalue weighted by Crippen LogP contribution is -2.44. The van der Waals surface area contributed by atoms with Crippen LogP contribution in [0.15, 0.2) is 24.3 Å². The molecule has 126 valence electrons. The van der Waals surface area contributed by atoms with E-state index in [0.29, 0.717) is 13.2 Å². The van der Waals surface area contributed by atoms with Crippen molar-refractivity contribution in [2.45, 2.75) is 39.0 Å². The number of carbonyl (C=O) groups excluding carboxylic acids is 1. The van der Waals surface area contributed by atoms with Gasteiger partial charge in [-0.2, -0.15) is 0 Å². The second kappa shape index (κ2) is 7.82. The third-order valence-electron chi connectivity index (χ3n) is 5.20. The summed E-state index contributed by atoms with van der Waals surface area (Å²) in [6, 6.07) is 7.64. The molecule has 23 heavy (non-hydrogen) atoms. The van der Waals surface area contributed by atoms with Gasteiger partial charge in [-0.25, -0.2) is 0 Å². The van der Waals surface area contributed by atoms with Gasteiger partial charge in [0, 0.05) is 6.54 Å². The first-order valence-electron chi connectivity index (χ1n) is 9.00. The number of carbonyl (C=O) groups is 1. The number of para-hydroxylation sites is 2. The number of ether oxygens (including phenoxy) is 1. The normalized spacial score (nSPS) is 24.7. The van der Waals surface area contributed by atoms with Gasteiger partial charge in [0.2, 0.25) is 5.91 Å². The van der Waals surface area contributed by atoms with E-state index in [4.69, 9.17) is 4.74 Å². The number of likely N-dealkylation sites (tertiary alicyclic amines) is 1. The fourth-order valence-corrected chi connectivity index (χ4v) is 4.06. The van der Waals surface area contributed by atoms with Gasteiger partial charge in [0.15, 0.2) is 0 Å². The zero-order valence-electron chi connectivity index (χ0n) is 14.1. The zero-order chi connectivity index (χ0) is 16.1. The lowest BCUT2D eigenvalue weighted by Gasteiger charge is -2.41. The van der Waals surface area contributed by atoms with Crippen LogP contribution in [0.25, 0.3) is 0 Å². The summed E-state index contributed by atoms with van der Waals surface area (Å²) in [6.07, 6.45) is 6.76. The molecule has 1 saturated heterocycles. The Hall–Kier alpha value is -1.55. The van der Waals surface area contributed by atoms with Crippen LogP contribution in [0, 0.1) is 11.8 Å². The van der Waals surface area contributed by atoms with Gasteiger partial charge >= 0.3 is 0 Å². The van der Waals surface area contributed by atoms with Crippen molar-refractivity contribution in [1.29, 1.82) is 0 Å². The molecule has 0 unspecified atom stereocenters. The molecule has 1 saturated carbocycles. The lowest BCUT2D eigenvalue weighted by atomic mass is 9.75. The fourth-order valence-electron chi connectivity index (χ4n) is 4.06. The zero-order valence-corrected chi connectivity index (χ0v) is 14.1. The first-order chi connectivity index (χ1) is 11.3. The van der Waals surface area contributed by atoms with Crippen LogP contribution in [-0.4, -0.2) is 37.0 Å². The van der Waals surface area contributed by atoms with E-state index in [1.165, 1.54) is 32.1 Å².